The van der Waals surface area contributed by atoms with E-state index in [0.29, 0.717) is 28.6 Å². The lowest BCUT2D eigenvalue weighted by atomic mass is 9.71. The number of alkyl halides is 1. The van der Waals surface area contributed by atoms with E-state index in [4.69, 9.17) is 16.3 Å². The lowest BCUT2D eigenvalue weighted by Crippen LogP contribution is -2.41. The van der Waals surface area contributed by atoms with E-state index in [0.717, 1.165) is 44.6 Å². The third-order valence-corrected chi connectivity index (χ3v) is 9.29. The van der Waals surface area contributed by atoms with Crippen molar-refractivity contribution < 1.29 is 19.0 Å². The number of halogens is 2. The van der Waals surface area contributed by atoms with E-state index in [1.165, 1.54) is 16.7 Å². The lowest BCUT2D eigenvalue weighted by Gasteiger charge is -2.41. The minimum absolute atomic E-state index is 0.0648. The number of fused-ring (bicyclic) bond motifs is 1. The molecule has 4 rings (SSSR count). The number of nitrogens with zero attached hydrogens (tertiary/aromatic N) is 2. The number of methoxy groups -OCH3 is 1. The Kier molecular flexibility index (Phi) is 9.91. The fourth-order valence-electron chi connectivity index (χ4n) is 5.47. The van der Waals surface area contributed by atoms with E-state index in [-0.39, 0.29) is 17.9 Å². The predicted octanol–water partition coefficient (Wildman–Crippen LogP) is 7.74. The Balaban J connectivity index is 1.35. The Labute approximate surface area is 233 Å². The zero-order valence-electron chi connectivity index (χ0n) is 22.1. The Bertz CT molecular complexity index is 1250. The number of pyridine rings is 1. The van der Waals surface area contributed by atoms with Crippen LogP contribution in [0.2, 0.25) is 5.02 Å². The minimum atomic E-state index is -1.32. The van der Waals surface area contributed by atoms with Crippen molar-refractivity contribution in [2.24, 2.45) is 5.41 Å². The van der Waals surface area contributed by atoms with Crippen molar-refractivity contribution in [2.45, 2.75) is 56.5 Å². The molecule has 5 nitrogen and oxygen atoms in total. The molecular formula is C30H36ClFN2O3S. The van der Waals surface area contributed by atoms with Crippen LogP contribution in [-0.2, 0) is 4.79 Å². The van der Waals surface area contributed by atoms with E-state index < -0.39 is 17.6 Å². The van der Waals surface area contributed by atoms with E-state index in [1.807, 2.05) is 11.8 Å². The van der Waals surface area contributed by atoms with Gasteiger partial charge in [0.2, 0.25) is 0 Å². The van der Waals surface area contributed by atoms with Crippen LogP contribution in [0.4, 0.5) is 4.39 Å². The third kappa shape index (κ3) is 7.19. The zero-order chi connectivity index (χ0) is 27.1. The smallest absolute Gasteiger partial charge is 0.303 e. The van der Waals surface area contributed by atoms with Gasteiger partial charge in [0, 0.05) is 22.0 Å². The second-order valence-electron chi connectivity index (χ2n) is 10.3. The van der Waals surface area contributed by atoms with Crippen LogP contribution in [0, 0.1) is 12.3 Å². The summed E-state index contributed by atoms with van der Waals surface area (Å²) in [6.07, 6.45) is 3.55. The SMILES string of the molecule is COc1ccc2ncc(Cl)c([C@H](F)CCC3(CC(=O)O)CCN(CCCSc4ccccc4C)CC3)c2c1. The van der Waals surface area contributed by atoms with Crippen molar-refractivity contribution in [1.82, 2.24) is 9.88 Å². The molecule has 1 N–H and O–H groups in total. The van der Waals surface area contributed by atoms with Crippen molar-refractivity contribution in [3.63, 3.8) is 0 Å². The number of carbonyl (C=O) groups is 1. The van der Waals surface area contributed by atoms with Crippen molar-refractivity contribution >= 4 is 40.2 Å². The van der Waals surface area contributed by atoms with Crippen LogP contribution < -0.4 is 4.74 Å². The Hall–Kier alpha value is -2.35. The van der Waals surface area contributed by atoms with Crippen molar-refractivity contribution in [3.8, 4) is 5.75 Å². The van der Waals surface area contributed by atoms with Crippen LogP contribution in [0.1, 0.15) is 55.8 Å². The molecule has 1 aromatic heterocycles. The number of aryl methyl sites for hydroxylation is 1. The largest absolute Gasteiger partial charge is 0.497 e. The molecule has 0 spiro atoms. The number of carboxylic acid groups (broad SMARTS) is 1. The highest BCUT2D eigenvalue weighted by molar-refractivity contribution is 7.99. The van der Waals surface area contributed by atoms with Gasteiger partial charge in [-0.25, -0.2) is 4.39 Å². The first-order valence-electron chi connectivity index (χ1n) is 13.2. The molecule has 2 heterocycles. The number of aromatic nitrogens is 1. The van der Waals surface area contributed by atoms with Gasteiger partial charge < -0.3 is 14.7 Å². The molecule has 0 bridgehead atoms. The summed E-state index contributed by atoms with van der Waals surface area (Å²) in [7, 11) is 1.57. The van der Waals surface area contributed by atoms with Crippen LogP contribution >= 0.6 is 23.4 Å². The standard InChI is InChI=1S/C30H36ClFN2O3S/c1-21-6-3-4-7-27(21)38-17-5-14-34-15-12-30(13-16-34,19-28(35)36)11-10-25(32)29-23-18-22(37-2)8-9-26(23)33-20-24(29)31/h3-4,6-9,18,20,25H,5,10-17,19H2,1-2H3,(H,35,36)/t25-/m1/s1. The highest BCUT2D eigenvalue weighted by Gasteiger charge is 2.37. The summed E-state index contributed by atoms with van der Waals surface area (Å²) in [5.74, 6) is 0.846. The fourth-order valence-corrected chi connectivity index (χ4v) is 6.70. The van der Waals surface area contributed by atoms with Crippen molar-refractivity contribution in [3.05, 3.63) is 64.8 Å². The monoisotopic (exact) mass is 558 g/mol. The van der Waals surface area contributed by atoms with Crippen LogP contribution in [-0.4, -0.2) is 53.5 Å². The summed E-state index contributed by atoms with van der Waals surface area (Å²) in [5.41, 5.74) is 1.96. The van der Waals surface area contributed by atoms with Gasteiger partial charge in [0.25, 0.3) is 0 Å². The molecule has 2 aromatic carbocycles. The number of hydrogen-bond acceptors (Lipinski definition) is 5. The zero-order valence-corrected chi connectivity index (χ0v) is 23.7. The molecule has 1 fully saturated rings. The van der Waals surface area contributed by atoms with E-state index in [9.17, 15) is 9.90 Å². The fraction of sp³-hybridized carbons (Fsp3) is 0.467. The van der Waals surface area contributed by atoms with Crippen LogP contribution in [0.5, 0.6) is 5.75 Å². The molecule has 8 heteroatoms. The number of carboxylic acids is 1. The number of thioether (sulfide) groups is 1. The second-order valence-corrected chi connectivity index (χ2v) is 11.8. The molecule has 0 aliphatic carbocycles. The van der Waals surface area contributed by atoms with Gasteiger partial charge in [-0.3, -0.25) is 9.78 Å². The number of aliphatic carboxylic acids is 1. The predicted molar refractivity (Wildman–Crippen MR) is 153 cm³/mol. The van der Waals surface area contributed by atoms with E-state index in [1.54, 1.807) is 25.3 Å². The summed E-state index contributed by atoms with van der Waals surface area (Å²) in [6, 6.07) is 13.8. The number of ether oxygens (including phenoxy) is 1. The summed E-state index contributed by atoms with van der Waals surface area (Å²) >= 11 is 8.30. The minimum Gasteiger partial charge on any atom is -0.497 e. The van der Waals surface area contributed by atoms with Gasteiger partial charge in [0.1, 0.15) is 11.9 Å². The summed E-state index contributed by atoms with van der Waals surface area (Å²) in [6.45, 7) is 4.82. The first-order chi connectivity index (χ1) is 18.3. The van der Waals surface area contributed by atoms with E-state index >= 15 is 4.39 Å². The van der Waals surface area contributed by atoms with Gasteiger partial charge in [-0.2, -0.15) is 0 Å². The van der Waals surface area contributed by atoms with Crippen molar-refractivity contribution in [2.75, 3.05) is 32.5 Å². The quantitative estimate of drug-likeness (QED) is 0.181. The topological polar surface area (TPSA) is 62.7 Å². The average Bonchev–Trinajstić information content (AvgIpc) is 2.91. The van der Waals surface area contributed by atoms with Crippen LogP contribution in [0.25, 0.3) is 10.9 Å². The maximum Gasteiger partial charge on any atom is 0.303 e. The molecule has 1 saturated heterocycles. The van der Waals surface area contributed by atoms with Gasteiger partial charge in [0.05, 0.1) is 24.1 Å². The lowest BCUT2D eigenvalue weighted by molar-refractivity contribution is -0.141. The molecule has 1 aliphatic rings. The van der Waals surface area contributed by atoms with Gasteiger partial charge >= 0.3 is 5.97 Å². The Morgan fingerprint density at radius 2 is 2.03 bits per heavy atom. The number of hydrogen-bond donors (Lipinski definition) is 1. The molecular weight excluding hydrogens is 523 g/mol. The highest BCUT2D eigenvalue weighted by atomic mass is 35.5. The highest BCUT2D eigenvalue weighted by Crippen LogP contribution is 2.44. The number of likely N-dealkylation sites (tertiary alicyclic amines) is 1. The Morgan fingerprint density at radius 1 is 1.26 bits per heavy atom. The summed E-state index contributed by atoms with van der Waals surface area (Å²) in [4.78, 5) is 19.9. The summed E-state index contributed by atoms with van der Waals surface area (Å²) in [5, 5.41) is 10.6. The molecule has 1 aliphatic heterocycles. The van der Waals surface area contributed by atoms with Crippen LogP contribution in [0.15, 0.2) is 53.6 Å². The number of benzene rings is 2. The van der Waals surface area contributed by atoms with Gasteiger partial charge in [-0.05, 0) is 99.7 Å². The normalized spacial score (nSPS) is 16.4. The van der Waals surface area contributed by atoms with Gasteiger partial charge in [0.15, 0.2) is 0 Å². The molecule has 0 saturated carbocycles. The molecule has 0 radical (unpaired) electrons. The number of rotatable bonds is 12. The molecule has 0 amide bonds. The molecule has 204 valence electrons. The second kappa shape index (κ2) is 13.1. The first-order valence-corrected chi connectivity index (χ1v) is 14.6. The van der Waals surface area contributed by atoms with Gasteiger partial charge in [-0.15, -0.1) is 11.8 Å². The maximum atomic E-state index is 15.8. The Morgan fingerprint density at radius 3 is 2.74 bits per heavy atom. The number of piperidine rings is 1. The van der Waals surface area contributed by atoms with Crippen molar-refractivity contribution in [1.29, 1.82) is 0 Å². The molecule has 38 heavy (non-hydrogen) atoms. The van der Waals surface area contributed by atoms with Crippen LogP contribution in [0.3, 0.4) is 0 Å². The first kappa shape index (κ1) is 28.7. The van der Waals surface area contributed by atoms with E-state index in [2.05, 4.69) is 41.1 Å². The molecule has 1 atom stereocenters. The summed E-state index contributed by atoms with van der Waals surface area (Å²) < 4.78 is 21.1. The van der Waals surface area contributed by atoms with Gasteiger partial charge in [-0.1, -0.05) is 29.8 Å². The molecule has 3 aromatic rings. The third-order valence-electron chi connectivity index (χ3n) is 7.72. The average molecular weight is 559 g/mol. The molecule has 0 unspecified atom stereocenters. The maximum absolute atomic E-state index is 15.8.